The van der Waals surface area contributed by atoms with Crippen molar-refractivity contribution in [1.29, 1.82) is 0 Å². The molecule has 4 nitrogen and oxygen atoms in total. The lowest BCUT2D eigenvalue weighted by Gasteiger charge is -2.12. The lowest BCUT2D eigenvalue weighted by Crippen LogP contribution is -2.04. The first-order valence-electron chi connectivity index (χ1n) is 7.63. The number of methoxy groups -OCH3 is 2. The van der Waals surface area contributed by atoms with E-state index in [-0.39, 0.29) is 0 Å². The maximum absolute atomic E-state index is 6.43. The van der Waals surface area contributed by atoms with Crippen LogP contribution in [0.3, 0.4) is 0 Å². The number of rotatable bonds is 7. The standard InChI is InChI=1S/C15H18ClNO3S.C2H6/c1-4-21-13-9-12(19-3)10-5-6-11(20-8-7-18-2)14(16)15(10)17-13;1-2/h5-6,9H,4,7-8H2,1-3H3;1-2H3. The molecule has 0 amide bonds. The highest BCUT2D eigenvalue weighted by Gasteiger charge is 2.13. The molecule has 0 bridgehead atoms. The van der Waals surface area contributed by atoms with Gasteiger partial charge >= 0.3 is 0 Å². The Labute approximate surface area is 147 Å². The van der Waals surface area contributed by atoms with E-state index < -0.39 is 0 Å². The van der Waals surface area contributed by atoms with E-state index in [0.29, 0.717) is 29.5 Å². The van der Waals surface area contributed by atoms with Gasteiger partial charge in [-0.25, -0.2) is 4.98 Å². The van der Waals surface area contributed by atoms with Crippen molar-refractivity contribution >= 4 is 34.3 Å². The average molecular weight is 358 g/mol. The van der Waals surface area contributed by atoms with Crippen LogP contribution in [0.15, 0.2) is 23.2 Å². The van der Waals surface area contributed by atoms with Gasteiger partial charge in [0.2, 0.25) is 0 Å². The molecule has 0 unspecified atom stereocenters. The molecule has 0 radical (unpaired) electrons. The van der Waals surface area contributed by atoms with Gasteiger partial charge < -0.3 is 14.2 Å². The molecule has 2 rings (SSSR count). The predicted octanol–water partition coefficient (Wildman–Crippen LogP) is 5.06. The third-order valence-electron chi connectivity index (χ3n) is 2.88. The van der Waals surface area contributed by atoms with Crippen LogP contribution in [0, 0.1) is 0 Å². The van der Waals surface area contributed by atoms with Gasteiger partial charge in [0.1, 0.15) is 28.2 Å². The van der Waals surface area contributed by atoms with Crippen LogP contribution in [-0.2, 0) is 4.74 Å². The van der Waals surface area contributed by atoms with Crippen molar-refractivity contribution in [3.8, 4) is 11.5 Å². The lowest BCUT2D eigenvalue weighted by molar-refractivity contribution is 0.146. The minimum Gasteiger partial charge on any atom is -0.496 e. The first-order chi connectivity index (χ1) is 11.2. The Kier molecular flexibility index (Phi) is 9.14. The Bertz CT molecular complexity index is 622. The number of nitrogens with zero attached hydrogens (tertiary/aromatic N) is 1. The second-order valence-electron chi connectivity index (χ2n) is 4.21. The van der Waals surface area contributed by atoms with Crippen LogP contribution in [-0.4, -0.2) is 38.2 Å². The molecule has 0 N–H and O–H groups in total. The Balaban J connectivity index is 0.00000127. The van der Waals surface area contributed by atoms with Crippen molar-refractivity contribution in [2.75, 3.05) is 33.2 Å². The summed E-state index contributed by atoms with van der Waals surface area (Å²) in [7, 11) is 3.28. The maximum Gasteiger partial charge on any atom is 0.140 e. The minimum atomic E-state index is 0.447. The van der Waals surface area contributed by atoms with Crippen LogP contribution >= 0.6 is 23.4 Å². The molecule has 0 aliphatic carbocycles. The Morgan fingerprint density at radius 1 is 1.13 bits per heavy atom. The molecule has 1 aromatic carbocycles. The highest BCUT2D eigenvalue weighted by molar-refractivity contribution is 7.99. The van der Waals surface area contributed by atoms with E-state index in [1.165, 1.54) is 0 Å². The molecule has 2 aromatic rings. The Hall–Kier alpha value is -1.17. The zero-order chi connectivity index (χ0) is 17.2. The van der Waals surface area contributed by atoms with Crippen molar-refractivity contribution in [1.82, 2.24) is 4.98 Å². The molecule has 23 heavy (non-hydrogen) atoms. The van der Waals surface area contributed by atoms with E-state index in [9.17, 15) is 0 Å². The van der Waals surface area contributed by atoms with E-state index in [4.69, 9.17) is 25.8 Å². The molecule has 0 aliphatic rings. The smallest absolute Gasteiger partial charge is 0.140 e. The van der Waals surface area contributed by atoms with Crippen molar-refractivity contribution in [3.63, 3.8) is 0 Å². The van der Waals surface area contributed by atoms with Crippen molar-refractivity contribution in [2.24, 2.45) is 0 Å². The minimum absolute atomic E-state index is 0.447. The SMILES string of the molecule is CC.CCSc1cc(OC)c2ccc(OCCOC)c(Cl)c2n1. The van der Waals surface area contributed by atoms with Crippen molar-refractivity contribution < 1.29 is 14.2 Å². The van der Waals surface area contributed by atoms with Gasteiger partial charge in [0.05, 0.1) is 19.2 Å². The van der Waals surface area contributed by atoms with Crippen LogP contribution in [0.4, 0.5) is 0 Å². The molecular formula is C17H24ClNO3S. The van der Waals surface area contributed by atoms with Crippen LogP contribution in [0.2, 0.25) is 5.02 Å². The van der Waals surface area contributed by atoms with E-state index in [1.807, 2.05) is 32.0 Å². The van der Waals surface area contributed by atoms with Gasteiger partial charge in [-0.2, -0.15) is 0 Å². The van der Waals surface area contributed by atoms with E-state index in [2.05, 4.69) is 11.9 Å². The first kappa shape index (κ1) is 19.9. The van der Waals surface area contributed by atoms with E-state index >= 15 is 0 Å². The number of ether oxygens (including phenoxy) is 3. The zero-order valence-electron chi connectivity index (χ0n) is 14.3. The monoisotopic (exact) mass is 357 g/mol. The van der Waals surface area contributed by atoms with Gasteiger partial charge in [-0.1, -0.05) is 32.4 Å². The molecule has 0 aliphatic heterocycles. The summed E-state index contributed by atoms with van der Waals surface area (Å²) >= 11 is 8.07. The molecule has 1 heterocycles. The number of thioether (sulfide) groups is 1. The fraction of sp³-hybridized carbons (Fsp3) is 0.471. The average Bonchev–Trinajstić information content (AvgIpc) is 2.59. The maximum atomic E-state index is 6.43. The quantitative estimate of drug-likeness (QED) is 0.511. The number of halogens is 1. The number of hydrogen-bond donors (Lipinski definition) is 0. The topological polar surface area (TPSA) is 40.6 Å². The van der Waals surface area contributed by atoms with Gasteiger partial charge in [-0.05, 0) is 17.9 Å². The Morgan fingerprint density at radius 3 is 2.48 bits per heavy atom. The summed E-state index contributed by atoms with van der Waals surface area (Å²) in [6.07, 6.45) is 0. The fourth-order valence-corrected chi connectivity index (χ4v) is 2.83. The van der Waals surface area contributed by atoms with Crippen LogP contribution < -0.4 is 9.47 Å². The summed E-state index contributed by atoms with van der Waals surface area (Å²) in [5.41, 5.74) is 0.696. The van der Waals surface area contributed by atoms with Crippen LogP contribution in [0.25, 0.3) is 10.9 Å². The zero-order valence-corrected chi connectivity index (χ0v) is 15.9. The summed E-state index contributed by atoms with van der Waals surface area (Å²) in [6.45, 7) is 7.04. The summed E-state index contributed by atoms with van der Waals surface area (Å²) in [4.78, 5) is 4.60. The summed E-state index contributed by atoms with van der Waals surface area (Å²) in [5.74, 6) is 2.30. The molecule has 1 aromatic heterocycles. The molecule has 0 spiro atoms. The number of pyridine rings is 1. The summed E-state index contributed by atoms with van der Waals surface area (Å²) < 4.78 is 16.0. The van der Waals surface area contributed by atoms with Gasteiger partial charge in [-0.3, -0.25) is 0 Å². The molecule has 128 valence electrons. The Morgan fingerprint density at radius 2 is 1.87 bits per heavy atom. The number of aromatic nitrogens is 1. The largest absolute Gasteiger partial charge is 0.496 e. The predicted molar refractivity (Wildman–Crippen MR) is 98.4 cm³/mol. The summed E-state index contributed by atoms with van der Waals surface area (Å²) in [5, 5.41) is 2.26. The molecule has 0 saturated carbocycles. The molecule has 6 heteroatoms. The third kappa shape index (κ3) is 5.16. The van der Waals surface area contributed by atoms with E-state index in [1.54, 1.807) is 26.0 Å². The summed E-state index contributed by atoms with van der Waals surface area (Å²) in [6, 6.07) is 5.67. The second kappa shape index (κ2) is 10.6. The van der Waals surface area contributed by atoms with Crippen LogP contribution in [0.1, 0.15) is 20.8 Å². The third-order valence-corrected chi connectivity index (χ3v) is 4.04. The van der Waals surface area contributed by atoms with E-state index in [0.717, 1.165) is 21.9 Å². The first-order valence-corrected chi connectivity index (χ1v) is 8.99. The molecule has 0 fully saturated rings. The normalized spacial score (nSPS) is 10.2. The second-order valence-corrected chi connectivity index (χ2v) is 5.87. The molecule has 0 atom stereocenters. The van der Waals surface area contributed by atoms with Crippen LogP contribution in [0.5, 0.6) is 11.5 Å². The van der Waals surface area contributed by atoms with Gasteiger partial charge in [0.25, 0.3) is 0 Å². The highest BCUT2D eigenvalue weighted by Crippen LogP contribution is 2.37. The lowest BCUT2D eigenvalue weighted by atomic mass is 10.2. The number of benzene rings is 1. The molecule has 0 saturated heterocycles. The van der Waals surface area contributed by atoms with Gasteiger partial charge in [-0.15, -0.1) is 11.8 Å². The highest BCUT2D eigenvalue weighted by atomic mass is 35.5. The van der Waals surface area contributed by atoms with Gasteiger partial charge in [0, 0.05) is 18.6 Å². The number of hydrogen-bond acceptors (Lipinski definition) is 5. The number of fused-ring (bicyclic) bond motifs is 1. The fourth-order valence-electron chi connectivity index (χ4n) is 1.92. The molecular weight excluding hydrogens is 334 g/mol. The van der Waals surface area contributed by atoms with Gasteiger partial charge in [0.15, 0.2) is 0 Å². The van der Waals surface area contributed by atoms with Crippen molar-refractivity contribution in [3.05, 3.63) is 23.2 Å². The van der Waals surface area contributed by atoms with Crippen molar-refractivity contribution in [2.45, 2.75) is 25.8 Å².